The van der Waals surface area contributed by atoms with Gasteiger partial charge in [0.15, 0.2) is 0 Å². The summed E-state index contributed by atoms with van der Waals surface area (Å²) in [5.74, 6) is 0.321. The van der Waals surface area contributed by atoms with Crippen LogP contribution in [0.4, 0.5) is 0 Å². The molecule has 0 atom stereocenters. The van der Waals surface area contributed by atoms with E-state index in [1.54, 1.807) is 0 Å². The molecule has 60 valence electrons. The second-order valence-corrected chi connectivity index (χ2v) is 1.83. The summed E-state index contributed by atoms with van der Waals surface area (Å²) in [7, 11) is 0. The van der Waals surface area contributed by atoms with Crippen molar-refractivity contribution in [3.63, 3.8) is 0 Å². The van der Waals surface area contributed by atoms with Gasteiger partial charge in [0, 0.05) is 0 Å². The molecular formula is C5H4N6O. The molecule has 12 heavy (non-hydrogen) atoms. The van der Waals surface area contributed by atoms with Crippen LogP contribution >= 0.6 is 0 Å². The van der Waals surface area contributed by atoms with Gasteiger partial charge in [-0.3, -0.25) is 0 Å². The van der Waals surface area contributed by atoms with Crippen molar-refractivity contribution in [3.05, 3.63) is 18.9 Å². The third-order valence-electron chi connectivity index (χ3n) is 1.06. The molecule has 0 aromatic carbocycles. The highest BCUT2D eigenvalue weighted by Crippen LogP contribution is 2.09. The number of rotatable bonds is 2. The fourth-order valence-corrected chi connectivity index (χ4v) is 0.615. The van der Waals surface area contributed by atoms with Gasteiger partial charge in [0.2, 0.25) is 0 Å². The summed E-state index contributed by atoms with van der Waals surface area (Å²) in [5.41, 5.74) is 0. The number of H-pyrrole nitrogens is 1. The number of hydrogen-bond acceptors (Lipinski definition) is 6. The maximum atomic E-state index is 5.05. The van der Waals surface area contributed by atoms with Crippen molar-refractivity contribution in [3.8, 4) is 11.9 Å². The molecule has 2 heterocycles. The van der Waals surface area contributed by atoms with Crippen LogP contribution in [0.25, 0.3) is 0 Å². The number of nitrogens with zero attached hydrogens (tertiary/aromatic N) is 5. The van der Waals surface area contributed by atoms with Gasteiger partial charge in [0.25, 0.3) is 5.88 Å². The van der Waals surface area contributed by atoms with Gasteiger partial charge < -0.3 is 4.74 Å². The highest BCUT2D eigenvalue weighted by Gasteiger charge is 1.99. The van der Waals surface area contributed by atoms with Gasteiger partial charge in [0.1, 0.15) is 18.9 Å². The Kier molecular flexibility index (Phi) is 1.61. The highest BCUT2D eigenvalue weighted by molar-refractivity contribution is 5.05. The summed E-state index contributed by atoms with van der Waals surface area (Å²) in [6, 6.07) is 0.193. The van der Waals surface area contributed by atoms with Crippen LogP contribution in [0.2, 0.25) is 0 Å². The molecule has 0 bridgehead atoms. The molecule has 0 fully saturated rings. The molecule has 2 aromatic rings. The Balaban J connectivity index is 2.15. The molecule has 0 spiro atoms. The topological polar surface area (TPSA) is 89.5 Å². The lowest BCUT2D eigenvalue weighted by Gasteiger charge is -1.94. The molecule has 0 radical (unpaired) electrons. The normalized spacial score (nSPS) is 9.67. The zero-order valence-electron chi connectivity index (χ0n) is 5.88. The molecule has 0 amide bonds. The SMILES string of the molecule is c1ncnc(Oc2cn[nH]n2)n1. The predicted octanol–water partition coefficient (Wildman–Crippen LogP) is -0.218. The molecule has 0 saturated carbocycles. The van der Waals surface area contributed by atoms with E-state index in [0.717, 1.165) is 0 Å². The van der Waals surface area contributed by atoms with Crippen molar-refractivity contribution in [2.24, 2.45) is 0 Å². The van der Waals surface area contributed by atoms with E-state index in [2.05, 4.69) is 30.4 Å². The van der Waals surface area contributed by atoms with E-state index in [4.69, 9.17) is 4.74 Å². The molecule has 2 aromatic heterocycles. The van der Waals surface area contributed by atoms with E-state index in [9.17, 15) is 0 Å². The Morgan fingerprint density at radius 1 is 1.25 bits per heavy atom. The molecule has 0 saturated heterocycles. The first-order valence-electron chi connectivity index (χ1n) is 3.11. The summed E-state index contributed by atoms with van der Waals surface area (Å²) in [6.45, 7) is 0. The molecule has 7 nitrogen and oxygen atoms in total. The first kappa shape index (κ1) is 6.65. The molecule has 0 aliphatic heterocycles. The van der Waals surface area contributed by atoms with E-state index in [1.165, 1.54) is 18.9 Å². The molecule has 0 aliphatic carbocycles. The van der Waals surface area contributed by atoms with Crippen molar-refractivity contribution >= 4 is 0 Å². The van der Waals surface area contributed by atoms with Gasteiger partial charge in [-0.25, -0.2) is 4.98 Å². The second-order valence-electron chi connectivity index (χ2n) is 1.83. The average Bonchev–Trinajstić information content (AvgIpc) is 2.59. The van der Waals surface area contributed by atoms with E-state index < -0.39 is 0 Å². The monoisotopic (exact) mass is 164 g/mol. The van der Waals surface area contributed by atoms with Crippen LogP contribution in [0.15, 0.2) is 18.9 Å². The van der Waals surface area contributed by atoms with E-state index >= 15 is 0 Å². The van der Waals surface area contributed by atoms with Gasteiger partial charge in [-0.15, -0.1) is 5.10 Å². The summed E-state index contributed by atoms with van der Waals surface area (Å²) in [4.78, 5) is 11.1. The van der Waals surface area contributed by atoms with E-state index in [0.29, 0.717) is 5.88 Å². The Morgan fingerprint density at radius 2 is 2.08 bits per heavy atom. The minimum Gasteiger partial charge on any atom is -0.402 e. The van der Waals surface area contributed by atoms with Crippen LogP contribution in [0.5, 0.6) is 11.9 Å². The second kappa shape index (κ2) is 2.91. The third kappa shape index (κ3) is 1.34. The van der Waals surface area contributed by atoms with Gasteiger partial charge in [-0.2, -0.15) is 20.3 Å². The van der Waals surface area contributed by atoms with Crippen molar-refractivity contribution in [1.82, 2.24) is 30.4 Å². The van der Waals surface area contributed by atoms with Gasteiger partial charge in [-0.05, 0) is 0 Å². The maximum Gasteiger partial charge on any atom is 0.326 e. The number of aromatic amines is 1. The standard InChI is InChI=1S/C5H4N6O/c1-4(10-11-9-1)12-5-7-2-6-3-8-5/h1-3H,(H,9,10,11). The van der Waals surface area contributed by atoms with E-state index in [-0.39, 0.29) is 6.01 Å². The Labute approximate surface area is 66.8 Å². The van der Waals surface area contributed by atoms with Crippen LogP contribution in [0, 0.1) is 0 Å². The van der Waals surface area contributed by atoms with Crippen LogP contribution in [0.1, 0.15) is 0 Å². The first-order valence-corrected chi connectivity index (χ1v) is 3.11. The van der Waals surface area contributed by atoms with Crippen LogP contribution < -0.4 is 4.74 Å². The Hall–Kier alpha value is -2.05. The quantitative estimate of drug-likeness (QED) is 0.660. The lowest BCUT2D eigenvalue weighted by atomic mass is 10.8. The van der Waals surface area contributed by atoms with E-state index in [1.807, 2.05) is 0 Å². The molecule has 7 heteroatoms. The molecular weight excluding hydrogens is 160 g/mol. The van der Waals surface area contributed by atoms with Crippen molar-refractivity contribution in [1.29, 1.82) is 0 Å². The van der Waals surface area contributed by atoms with Gasteiger partial charge in [-0.1, -0.05) is 0 Å². The zero-order chi connectivity index (χ0) is 8.23. The molecule has 0 aliphatic rings. The Bertz CT molecular complexity index is 332. The summed E-state index contributed by atoms with van der Waals surface area (Å²) in [5, 5.41) is 9.59. The minimum absolute atomic E-state index is 0.193. The van der Waals surface area contributed by atoms with Crippen molar-refractivity contribution < 1.29 is 4.74 Å². The van der Waals surface area contributed by atoms with Gasteiger partial charge in [0.05, 0.1) is 0 Å². The first-order chi connectivity index (χ1) is 5.95. The summed E-state index contributed by atoms with van der Waals surface area (Å²) >= 11 is 0. The molecule has 0 unspecified atom stereocenters. The zero-order valence-corrected chi connectivity index (χ0v) is 5.88. The van der Waals surface area contributed by atoms with Crippen LogP contribution in [0.3, 0.4) is 0 Å². The highest BCUT2D eigenvalue weighted by atomic mass is 16.5. The van der Waals surface area contributed by atoms with Crippen LogP contribution in [-0.2, 0) is 0 Å². The largest absolute Gasteiger partial charge is 0.402 e. The third-order valence-corrected chi connectivity index (χ3v) is 1.06. The minimum atomic E-state index is 0.193. The van der Waals surface area contributed by atoms with Crippen molar-refractivity contribution in [2.75, 3.05) is 0 Å². The fraction of sp³-hybridized carbons (Fsp3) is 0. The maximum absolute atomic E-state index is 5.05. The number of hydrogen-bond donors (Lipinski definition) is 1. The number of ether oxygens (including phenoxy) is 1. The number of nitrogens with one attached hydrogen (secondary N) is 1. The summed E-state index contributed by atoms with van der Waals surface area (Å²) in [6.07, 6.45) is 4.09. The predicted molar refractivity (Wildman–Crippen MR) is 36.3 cm³/mol. The molecule has 2 rings (SSSR count). The average molecular weight is 164 g/mol. The smallest absolute Gasteiger partial charge is 0.326 e. The molecule has 1 N–H and O–H groups in total. The van der Waals surface area contributed by atoms with Crippen molar-refractivity contribution in [2.45, 2.75) is 0 Å². The Morgan fingerprint density at radius 3 is 2.75 bits per heavy atom. The summed E-state index contributed by atoms with van der Waals surface area (Å²) < 4.78 is 5.05. The number of aromatic nitrogens is 6. The lowest BCUT2D eigenvalue weighted by molar-refractivity contribution is 0.421. The van der Waals surface area contributed by atoms with Crippen LogP contribution in [-0.4, -0.2) is 30.4 Å². The fourth-order valence-electron chi connectivity index (χ4n) is 0.615. The van der Waals surface area contributed by atoms with Gasteiger partial charge >= 0.3 is 6.01 Å². The lowest BCUT2D eigenvalue weighted by Crippen LogP contribution is -1.91.